The van der Waals surface area contributed by atoms with Crippen molar-refractivity contribution in [3.63, 3.8) is 0 Å². The van der Waals surface area contributed by atoms with E-state index in [1.54, 1.807) is 24.3 Å². The van der Waals surface area contributed by atoms with Crippen molar-refractivity contribution < 1.29 is 19.1 Å². The molecule has 1 aromatic carbocycles. The van der Waals surface area contributed by atoms with Crippen molar-refractivity contribution in [1.82, 2.24) is 4.90 Å². The number of para-hydroxylation sites is 1. The van der Waals surface area contributed by atoms with E-state index >= 15 is 0 Å². The molecule has 6 heteroatoms. The SMILES string of the molecule is COC(=O)c1ccccc1NC(=O)C1CCN(C(=O)C2CCCCC2)CC1. The summed E-state index contributed by atoms with van der Waals surface area (Å²) in [6.07, 6.45) is 6.85. The standard InChI is InChI=1S/C21H28N2O4/c1-27-21(26)17-9-5-6-10-18(17)22-19(24)15-11-13-23(14-12-15)20(25)16-7-3-2-4-8-16/h5-6,9-10,15-16H,2-4,7-8,11-14H2,1H3,(H,22,24). The van der Waals surface area contributed by atoms with Gasteiger partial charge >= 0.3 is 5.97 Å². The van der Waals surface area contributed by atoms with Gasteiger partial charge in [-0.2, -0.15) is 0 Å². The van der Waals surface area contributed by atoms with E-state index in [9.17, 15) is 14.4 Å². The fourth-order valence-electron chi connectivity index (χ4n) is 4.08. The van der Waals surface area contributed by atoms with E-state index in [0.29, 0.717) is 37.2 Å². The molecule has 1 aliphatic heterocycles. The number of benzene rings is 1. The first-order valence-corrected chi connectivity index (χ1v) is 9.87. The van der Waals surface area contributed by atoms with E-state index in [-0.39, 0.29) is 23.7 Å². The van der Waals surface area contributed by atoms with Gasteiger partial charge in [-0.15, -0.1) is 0 Å². The fourth-order valence-corrected chi connectivity index (χ4v) is 4.08. The number of likely N-dealkylation sites (tertiary alicyclic amines) is 1. The van der Waals surface area contributed by atoms with Crippen LogP contribution in [0.25, 0.3) is 0 Å². The third-order valence-corrected chi connectivity index (χ3v) is 5.72. The lowest BCUT2D eigenvalue weighted by Gasteiger charge is -2.34. The van der Waals surface area contributed by atoms with Crippen LogP contribution in [0.3, 0.4) is 0 Å². The zero-order valence-corrected chi connectivity index (χ0v) is 15.9. The molecule has 1 saturated heterocycles. The molecule has 27 heavy (non-hydrogen) atoms. The Bertz CT molecular complexity index is 689. The van der Waals surface area contributed by atoms with E-state index in [4.69, 9.17) is 4.74 Å². The highest BCUT2D eigenvalue weighted by Crippen LogP contribution is 2.28. The molecule has 3 rings (SSSR count). The van der Waals surface area contributed by atoms with Gasteiger partial charge in [0.05, 0.1) is 18.4 Å². The molecule has 0 bridgehead atoms. The molecule has 1 N–H and O–H groups in total. The number of carbonyl (C=O) groups excluding carboxylic acids is 3. The van der Waals surface area contributed by atoms with Gasteiger partial charge in [0.2, 0.25) is 11.8 Å². The summed E-state index contributed by atoms with van der Waals surface area (Å²) in [6, 6.07) is 6.84. The van der Waals surface area contributed by atoms with Crippen molar-refractivity contribution in [2.45, 2.75) is 44.9 Å². The van der Waals surface area contributed by atoms with Gasteiger partial charge < -0.3 is 15.0 Å². The summed E-state index contributed by atoms with van der Waals surface area (Å²) in [5.74, 6) is -0.276. The summed E-state index contributed by atoms with van der Waals surface area (Å²) in [6.45, 7) is 1.26. The summed E-state index contributed by atoms with van der Waals surface area (Å²) >= 11 is 0. The Labute approximate surface area is 160 Å². The number of rotatable bonds is 4. The maximum absolute atomic E-state index is 12.6. The van der Waals surface area contributed by atoms with Crippen LogP contribution in [0, 0.1) is 11.8 Å². The van der Waals surface area contributed by atoms with Crippen molar-refractivity contribution in [2.24, 2.45) is 11.8 Å². The number of hydrogen-bond donors (Lipinski definition) is 1. The molecule has 0 unspecified atom stereocenters. The average Bonchev–Trinajstić information content (AvgIpc) is 2.73. The van der Waals surface area contributed by atoms with Gasteiger partial charge in [-0.05, 0) is 37.8 Å². The summed E-state index contributed by atoms with van der Waals surface area (Å²) in [4.78, 5) is 39.1. The number of anilines is 1. The van der Waals surface area contributed by atoms with Crippen LogP contribution in [0.15, 0.2) is 24.3 Å². The Morgan fingerprint density at radius 2 is 1.63 bits per heavy atom. The highest BCUT2D eigenvalue weighted by Gasteiger charge is 2.31. The minimum atomic E-state index is -0.473. The summed E-state index contributed by atoms with van der Waals surface area (Å²) in [7, 11) is 1.32. The molecule has 146 valence electrons. The molecule has 2 amide bonds. The maximum Gasteiger partial charge on any atom is 0.339 e. The predicted molar refractivity (Wildman–Crippen MR) is 102 cm³/mol. The molecule has 1 saturated carbocycles. The van der Waals surface area contributed by atoms with Crippen LogP contribution in [0.4, 0.5) is 5.69 Å². The summed E-state index contributed by atoms with van der Waals surface area (Å²) in [5.41, 5.74) is 0.813. The van der Waals surface area contributed by atoms with Crippen LogP contribution in [0.5, 0.6) is 0 Å². The largest absolute Gasteiger partial charge is 0.465 e. The molecule has 1 aliphatic carbocycles. The van der Waals surface area contributed by atoms with E-state index in [2.05, 4.69) is 5.32 Å². The van der Waals surface area contributed by atoms with Gasteiger partial charge in [-0.1, -0.05) is 31.4 Å². The molecule has 2 fully saturated rings. The molecule has 0 radical (unpaired) electrons. The first kappa shape index (κ1) is 19.4. The summed E-state index contributed by atoms with van der Waals surface area (Å²) in [5, 5.41) is 2.86. The Hall–Kier alpha value is -2.37. The van der Waals surface area contributed by atoms with Gasteiger partial charge in [0.1, 0.15) is 0 Å². The van der Waals surface area contributed by atoms with E-state index in [1.807, 2.05) is 4.90 Å². The molecule has 6 nitrogen and oxygen atoms in total. The second-order valence-corrected chi connectivity index (χ2v) is 7.46. The number of piperidine rings is 1. The van der Waals surface area contributed by atoms with Crippen molar-refractivity contribution >= 4 is 23.5 Å². The van der Waals surface area contributed by atoms with Gasteiger partial charge in [0.25, 0.3) is 0 Å². The van der Waals surface area contributed by atoms with Gasteiger partial charge in [0, 0.05) is 24.9 Å². The predicted octanol–water partition coefficient (Wildman–Crippen LogP) is 3.23. The number of amides is 2. The number of nitrogens with zero attached hydrogens (tertiary/aromatic N) is 1. The first-order valence-electron chi connectivity index (χ1n) is 9.87. The Kier molecular flexibility index (Phi) is 6.48. The van der Waals surface area contributed by atoms with Gasteiger partial charge in [-0.3, -0.25) is 9.59 Å². The smallest absolute Gasteiger partial charge is 0.339 e. The number of ether oxygens (including phenoxy) is 1. The molecule has 0 aromatic heterocycles. The van der Waals surface area contributed by atoms with Gasteiger partial charge in [-0.25, -0.2) is 4.79 Å². The molecule has 0 atom stereocenters. The minimum absolute atomic E-state index is 0.101. The number of carbonyl (C=O) groups is 3. The Balaban J connectivity index is 1.54. The second-order valence-electron chi connectivity index (χ2n) is 7.46. The second kappa shape index (κ2) is 9.02. The lowest BCUT2D eigenvalue weighted by molar-refractivity contribution is -0.139. The average molecular weight is 372 g/mol. The third-order valence-electron chi connectivity index (χ3n) is 5.72. The van der Waals surface area contributed by atoms with Gasteiger partial charge in [0.15, 0.2) is 0 Å². The molecular formula is C21H28N2O4. The third kappa shape index (κ3) is 4.67. The number of methoxy groups -OCH3 is 1. The van der Waals surface area contributed by atoms with Crippen LogP contribution in [-0.2, 0) is 14.3 Å². The van der Waals surface area contributed by atoms with E-state index in [1.165, 1.54) is 13.5 Å². The fraction of sp³-hybridized carbons (Fsp3) is 0.571. The maximum atomic E-state index is 12.6. The number of hydrogen-bond acceptors (Lipinski definition) is 4. The number of esters is 1. The van der Waals surface area contributed by atoms with E-state index in [0.717, 1.165) is 25.7 Å². The van der Waals surface area contributed by atoms with Crippen LogP contribution in [0.2, 0.25) is 0 Å². The molecule has 0 spiro atoms. The van der Waals surface area contributed by atoms with Crippen molar-refractivity contribution in [3.05, 3.63) is 29.8 Å². The molecule has 1 heterocycles. The van der Waals surface area contributed by atoms with Crippen molar-refractivity contribution in [2.75, 3.05) is 25.5 Å². The number of nitrogens with one attached hydrogen (secondary N) is 1. The van der Waals surface area contributed by atoms with Crippen LogP contribution < -0.4 is 5.32 Å². The quantitative estimate of drug-likeness (QED) is 0.824. The Morgan fingerprint density at radius 1 is 0.963 bits per heavy atom. The van der Waals surface area contributed by atoms with E-state index < -0.39 is 5.97 Å². The molecule has 2 aliphatic rings. The lowest BCUT2D eigenvalue weighted by atomic mass is 9.87. The topological polar surface area (TPSA) is 75.7 Å². The Morgan fingerprint density at radius 3 is 2.30 bits per heavy atom. The molecule has 1 aromatic rings. The van der Waals surface area contributed by atoms with Crippen LogP contribution in [0.1, 0.15) is 55.3 Å². The van der Waals surface area contributed by atoms with Crippen molar-refractivity contribution in [1.29, 1.82) is 0 Å². The highest BCUT2D eigenvalue weighted by atomic mass is 16.5. The monoisotopic (exact) mass is 372 g/mol. The zero-order chi connectivity index (χ0) is 19.2. The lowest BCUT2D eigenvalue weighted by Crippen LogP contribution is -2.44. The van der Waals surface area contributed by atoms with Crippen molar-refractivity contribution in [3.8, 4) is 0 Å². The minimum Gasteiger partial charge on any atom is -0.465 e. The van der Waals surface area contributed by atoms with Crippen LogP contribution >= 0.6 is 0 Å². The normalized spacial score (nSPS) is 18.8. The van der Waals surface area contributed by atoms with Crippen LogP contribution in [-0.4, -0.2) is 42.9 Å². The molecular weight excluding hydrogens is 344 g/mol. The zero-order valence-electron chi connectivity index (χ0n) is 15.9. The summed E-state index contributed by atoms with van der Waals surface area (Å²) < 4.78 is 4.77. The highest BCUT2D eigenvalue weighted by molar-refractivity contribution is 6.01. The first-order chi connectivity index (χ1) is 13.1.